The van der Waals surface area contributed by atoms with Crippen LogP contribution in [0.1, 0.15) is 34.1 Å². The second-order valence-electron chi connectivity index (χ2n) is 10.9. The van der Waals surface area contributed by atoms with E-state index in [2.05, 4.69) is 212 Å². The Morgan fingerprint density at radius 2 is 0.400 bits per heavy atom. The highest BCUT2D eigenvalue weighted by atomic mass is 31.1. The minimum atomic E-state index is -0.446. The summed E-state index contributed by atoms with van der Waals surface area (Å²) in [4.78, 5) is 0. The summed E-state index contributed by atoms with van der Waals surface area (Å²) in [5, 5.41) is 4.19. The molecule has 0 radical (unpaired) electrons. The Morgan fingerprint density at radius 1 is 0.222 bits per heavy atom. The molecule has 0 saturated heterocycles. The molecule has 0 unspecified atom stereocenters. The smallest absolute Gasteiger partial charge is 0.0199 e. The van der Waals surface area contributed by atoms with Crippen LogP contribution < -0.4 is 15.9 Å². The first-order valence-corrected chi connectivity index (χ1v) is 16.9. The fourth-order valence-electron chi connectivity index (χ4n) is 5.97. The average Bonchev–Trinajstić information content (AvgIpc) is 3.14. The normalized spacial score (nSPS) is 10.8. The quantitative estimate of drug-likeness (QED) is 0.153. The first kappa shape index (κ1) is 30.0. The molecule has 0 aliphatic rings. The fraction of sp³-hybridized carbons (Fsp3) is 0.0455. The van der Waals surface area contributed by atoms with E-state index in [0.717, 1.165) is 0 Å². The number of benzene rings is 7. The molecule has 0 nitrogen and oxygen atoms in total. The van der Waals surface area contributed by atoms with Crippen molar-refractivity contribution in [2.45, 2.75) is 11.8 Å². The topological polar surface area (TPSA) is 0 Å². The van der Waals surface area contributed by atoms with Gasteiger partial charge in [0.2, 0.25) is 0 Å². The van der Waals surface area contributed by atoms with E-state index < -0.39 is 7.92 Å². The second kappa shape index (κ2) is 15.6. The summed E-state index contributed by atoms with van der Waals surface area (Å²) in [6.07, 6.45) is 0. The Labute approximate surface area is 269 Å². The molecule has 45 heavy (non-hydrogen) atoms. The van der Waals surface area contributed by atoms with Gasteiger partial charge in [-0.05, 0) is 46.1 Å². The lowest BCUT2D eigenvalue weighted by molar-refractivity contribution is 0.694. The van der Waals surface area contributed by atoms with Gasteiger partial charge in [0.1, 0.15) is 0 Å². The predicted octanol–water partition coefficient (Wildman–Crippen LogP) is 10.1. The minimum Gasteiger partial charge on any atom is -0.0622 e. The number of rotatable bonds is 8. The highest BCUT2D eigenvalue weighted by molar-refractivity contribution is 7.79. The van der Waals surface area contributed by atoms with Crippen LogP contribution in [-0.2, 0) is 0 Å². The maximum atomic E-state index is 2.25. The first-order valence-electron chi connectivity index (χ1n) is 15.5. The van der Waals surface area contributed by atoms with Gasteiger partial charge in [-0.3, -0.25) is 0 Å². The van der Waals surface area contributed by atoms with Gasteiger partial charge in [-0.2, -0.15) is 0 Å². The molecule has 0 N–H and O–H groups in total. The Bertz CT molecular complexity index is 1550. The van der Waals surface area contributed by atoms with Crippen LogP contribution in [0.25, 0.3) is 0 Å². The van der Waals surface area contributed by atoms with Gasteiger partial charge in [-0.25, -0.2) is 0 Å². The Kier molecular flexibility index (Phi) is 10.4. The Hall–Kier alpha value is -5.03. The van der Waals surface area contributed by atoms with Crippen LogP contribution in [0.5, 0.6) is 0 Å². The number of hydrogen-bond donors (Lipinski definition) is 0. The fourth-order valence-corrected chi connectivity index (χ4v) is 8.28. The molecule has 7 aromatic carbocycles. The highest BCUT2D eigenvalue weighted by Gasteiger charge is 2.27. The van der Waals surface area contributed by atoms with Gasteiger partial charge in [-0.1, -0.05) is 212 Å². The summed E-state index contributed by atoms with van der Waals surface area (Å²) in [6.45, 7) is 0. The van der Waals surface area contributed by atoms with Crippen molar-refractivity contribution in [3.63, 3.8) is 0 Å². The molecule has 0 atom stereocenters. The molecule has 0 heterocycles. The van der Waals surface area contributed by atoms with Crippen LogP contribution in [0.4, 0.5) is 0 Å². The van der Waals surface area contributed by atoms with E-state index in [4.69, 9.17) is 0 Å². The third-order valence-electron chi connectivity index (χ3n) is 8.01. The van der Waals surface area contributed by atoms with Crippen molar-refractivity contribution in [1.29, 1.82) is 0 Å². The third-order valence-corrected chi connectivity index (χ3v) is 10.5. The van der Waals surface area contributed by atoms with Crippen LogP contribution >= 0.6 is 7.92 Å². The molecule has 0 bridgehead atoms. The van der Waals surface area contributed by atoms with E-state index in [1.54, 1.807) is 0 Å². The van der Waals surface area contributed by atoms with Gasteiger partial charge in [0.25, 0.3) is 0 Å². The van der Waals surface area contributed by atoms with E-state index in [0.29, 0.717) is 0 Å². The molecule has 7 rings (SSSR count). The molecule has 0 spiro atoms. The number of hydrogen-bond acceptors (Lipinski definition) is 0. The first-order chi connectivity index (χ1) is 22.4. The van der Waals surface area contributed by atoms with Crippen LogP contribution in [0.3, 0.4) is 0 Å². The van der Waals surface area contributed by atoms with Crippen molar-refractivity contribution < 1.29 is 0 Å². The largest absolute Gasteiger partial charge is 0.0622 e. The van der Waals surface area contributed by atoms with Crippen molar-refractivity contribution in [1.82, 2.24) is 0 Å². The van der Waals surface area contributed by atoms with Crippen molar-refractivity contribution >= 4 is 23.8 Å². The van der Waals surface area contributed by atoms with E-state index in [1.165, 1.54) is 38.2 Å². The summed E-state index contributed by atoms with van der Waals surface area (Å²) >= 11 is 0. The van der Waals surface area contributed by atoms with Gasteiger partial charge in [0.05, 0.1) is 0 Å². The van der Waals surface area contributed by atoms with Gasteiger partial charge in [0, 0.05) is 11.8 Å². The van der Waals surface area contributed by atoms with Crippen LogP contribution in [0.2, 0.25) is 0 Å². The lowest BCUT2D eigenvalue weighted by Crippen LogP contribution is -2.20. The predicted molar refractivity (Wildman–Crippen MR) is 195 cm³/mol. The molecular weight excluding hydrogens is 559 g/mol. The summed E-state index contributed by atoms with van der Waals surface area (Å²) in [5.74, 6) is 0.532. The average molecular weight is 597 g/mol. The second-order valence-corrected chi connectivity index (χ2v) is 13.2. The molecule has 0 aliphatic carbocycles. The molecule has 0 aliphatic heterocycles. The molecule has 1 heteroatoms. The standard InChI is InChI=1S/C26H22.C18H15P/c1-5-13-21(14-6-1)25(22-15-7-2-8-16-22)26(23-17-9-3-10-18-23)24-19-11-4-12-20-24;1-4-10-16(11-5-1)19(17-12-6-2-7-13-17)18-14-8-3-9-15-18/h1-20,25-26H;1-15H. The van der Waals surface area contributed by atoms with Crippen molar-refractivity contribution in [2.75, 3.05) is 0 Å². The van der Waals surface area contributed by atoms with Crippen LogP contribution in [0.15, 0.2) is 212 Å². The maximum absolute atomic E-state index is 2.25. The van der Waals surface area contributed by atoms with E-state index in [1.807, 2.05) is 0 Å². The van der Waals surface area contributed by atoms with Crippen molar-refractivity contribution in [3.8, 4) is 0 Å². The molecular formula is C44H37P. The van der Waals surface area contributed by atoms with Gasteiger partial charge >= 0.3 is 0 Å². The Balaban J connectivity index is 0.000000167. The molecule has 0 amide bonds. The zero-order valence-electron chi connectivity index (χ0n) is 25.3. The molecule has 0 fully saturated rings. The SMILES string of the molecule is c1ccc(C(c2ccccc2)C(c2ccccc2)c2ccccc2)cc1.c1ccc(P(c2ccccc2)c2ccccc2)cc1. The van der Waals surface area contributed by atoms with E-state index in [9.17, 15) is 0 Å². The summed E-state index contributed by atoms with van der Waals surface area (Å²) in [5.41, 5.74) is 5.38. The van der Waals surface area contributed by atoms with Gasteiger partial charge in [0.15, 0.2) is 0 Å². The highest BCUT2D eigenvalue weighted by Crippen LogP contribution is 2.42. The Morgan fingerprint density at radius 3 is 0.600 bits per heavy atom. The summed E-state index contributed by atoms with van der Waals surface area (Å²) < 4.78 is 0. The van der Waals surface area contributed by atoms with E-state index >= 15 is 0 Å². The lowest BCUT2D eigenvalue weighted by atomic mass is 9.74. The van der Waals surface area contributed by atoms with Gasteiger partial charge in [-0.15, -0.1) is 0 Å². The van der Waals surface area contributed by atoms with E-state index in [-0.39, 0.29) is 11.8 Å². The molecule has 7 aromatic rings. The molecule has 218 valence electrons. The van der Waals surface area contributed by atoms with Crippen molar-refractivity contribution in [3.05, 3.63) is 235 Å². The minimum absolute atomic E-state index is 0.266. The van der Waals surface area contributed by atoms with Crippen LogP contribution in [0, 0.1) is 0 Å². The summed E-state index contributed by atoms with van der Waals surface area (Å²) in [6, 6.07) is 75.8. The zero-order valence-corrected chi connectivity index (χ0v) is 26.2. The molecule has 0 saturated carbocycles. The monoisotopic (exact) mass is 596 g/mol. The van der Waals surface area contributed by atoms with Crippen LogP contribution in [-0.4, -0.2) is 0 Å². The van der Waals surface area contributed by atoms with Gasteiger partial charge < -0.3 is 0 Å². The third kappa shape index (κ3) is 7.74. The summed E-state index contributed by atoms with van der Waals surface area (Å²) in [7, 11) is -0.446. The zero-order chi connectivity index (χ0) is 30.5. The maximum Gasteiger partial charge on any atom is 0.0199 e. The molecule has 0 aromatic heterocycles. The lowest BCUT2D eigenvalue weighted by Gasteiger charge is -2.29. The van der Waals surface area contributed by atoms with Crippen molar-refractivity contribution in [2.24, 2.45) is 0 Å².